The minimum Gasteiger partial charge on any atom is -0.396 e. The summed E-state index contributed by atoms with van der Waals surface area (Å²) in [5.41, 5.74) is 0.0387. The Labute approximate surface area is 115 Å². The van der Waals surface area contributed by atoms with E-state index in [0.717, 1.165) is 58.5 Å². The summed E-state index contributed by atoms with van der Waals surface area (Å²) in [6.07, 6.45) is 4.27. The van der Waals surface area contributed by atoms with E-state index in [1.165, 1.54) is 0 Å². The van der Waals surface area contributed by atoms with Gasteiger partial charge < -0.3 is 24.6 Å². The number of nitrogens with zero attached hydrogens (tertiary/aromatic N) is 1. The van der Waals surface area contributed by atoms with Gasteiger partial charge in [0.15, 0.2) is 0 Å². The zero-order chi connectivity index (χ0) is 13.6. The molecular formula is C14H27NO4. The van der Waals surface area contributed by atoms with Gasteiger partial charge in [0.25, 0.3) is 0 Å². The molecule has 0 unspecified atom stereocenters. The van der Waals surface area contributed by atoms with Crippen LogP contribution in [0.3, 0.4) is 0 Å². The van der Waals surface area contributed by atoms with Crippen molar-refractivity contribution in [1.29, 1.82) is 0 Å². The van der Waals surface area contributed by atoms with E-state index in [-0.39, 0.29) is 18.6 Å². The van der Waals surface area contributed by atoms with Gasteiger partial charge in [0, 0.05) is 38.3 Å². The Hall–Kier alpha value is -0.200. The normalized spacial score (nSPS) is 25.6. The second kappa shape index (κ2) is 7.55. The topological polar surface area (TPSA) is 62.2 Å². The molecule has 0 aromatic carbocycles. The monoisotopic (exact) mass is 273 g/mol. The largest absolute Gasteiger partial charge is 0.396 e. The van der Waals surface area contributed by atoms with E-state index in [9.17, 15) is 5.11 Å². The van der Waals surface area contributed by atoms with Crippen LogP contribution in [0.4, 0.5) is 0 Å². The predicted octanol–water partition coefficient (Wildman–Crippen LogP) is 0.249. The van der Waals surface area contributed by atoms with Crippen molar-refractivity contribution in [2.75, 3.05) is 52.7 Å². The molecule has 0 atom stereocenters. The van der Waals surface area contributed by atoms with Crippen molar-refractivity contribution in [2.24, 2.45) is 5.41 Å². The molecule has 0 aromatic rings. The van der Waals surface area contributed by atoms with Crippen molar-refractivity contribution in [3.05, 3.63) is 0 Å². The SMILES string of the molecule is OCCOC1CCN(CC2(CO)CCOCC2)CC1. The van der Waals surface area contributed by atoms with Gasteiger partial charge in [-0.15, -0.1) is 0 Å². The lowest BCUT2D eigenvalue weighted by Crippen LogP contribution is -2.47. The summed E-state index contributed by atoms with van der Waals surface area (Å²) in [5, 5.41) is 18.5. The lowest BCUT2D eigenvalue weighted by atomic mass is 9.80. The fourth-order valence-electron chi connectivity index (χ4n) is 3.10. The fourth-order valence-corrected chi connectivity index (χ4v) is 3.10. The molecule has 2 saturated heterocycles. The molecule has 0 aromatic heterocycles. The highest BCUT2D eigenvalue weighted by Crippen LogP contribution is 2.32. The number of hydrogen-bond acceptors (Lipinski definition) is 5. The number of rotatable bonds is 6. The molecule has 112 valence electrons. The molecule has 0 spiro atoms. The summed E-state index contributed by atoms with van der Waals surface area (Å²) in [7, 11) is 0. The minimum atomic E-state index is 0.0387. The highest BCUT2D eigenvalue weighted by Gasteiger charge is 2.34. The number of hydrogen-bond donors (Lipinski definition) is 2. The second-order valence-electron chi connectivity index (χ2n) is 5.84. The molecule has 0 amide bonds. The van der Waals surface area contributed by atoms with E-state index in [0.29, 0.717) is 12.7 Å². The maximum atomic E-state index is 9.71. The Balaban J connectivity index is 1.74. The first-order valence-corrected chi connectivity index (χ1v) is 7.41. The molecule has 0 radical (unpaired) electrons. The van der Waals surface area contributed by atoms with Crippen LogP contribution in [-0.2, 0) is 9.47 Å². The Morgan fingerprint density at radius 3 is 2.42 bits per heavy atom. The smallest absolute Gasteiger partial charge is 0.0701 e. The van der Waals surface area contributed by atoms with E-state index in [2.05, 4.69) is 4.90 Å². The van der Waals surface area contributed by atoms with Crippen LogP contribution in [0.5, 0.6) is 0 Å². The van der Waals surface area contributed by atoms with Crippen molar-refractivity contribution in [3.8, 4) is 0 Å². The van der Waals surface area contributed by atoms with Gasteiger partial charge in [-0.3, -0.25) is 0 Å². The average molecular weight is 273 g/mol. The second-order valence-corrected chi connectivity index (χ2v) is 5.84. The number of likely N-dealkylation sites (tertiary alicyclic amines) is 1. The van der Waals surface area contributed by atoms with Crippen LogP contribution in [-0.4, -0.2) is 73.9 Å². The molecule has 0 aliphatic carbocycles. The summed E-state index contributed by atoms with van der Waals surface area (Å²) in [5.74, 6) is 0. The van der Waals surface area contributed by atoms with Gasteiger partial charge in [-0.25, -0.2) is 0 Å². The number of ether oxygens (including phenoxy) is 2. The van der Waals surface area contributed by atoms with Crippen LogP contribution in [0.1, 0.15) is 25.7 Å². The van der Waals surface area contributed by atoms with Crippen molar-refractivity contribution in [1.82, 2.24) is 4.90 Å². The fraction of sp³-hybridized carbons (Fsp3) is 1.00. The quantitative estimate of drug-likeness (QED) is 0.726. The molecule has 2 rings (SSSR count). The minimum absolute atomic E-state index is 0.0387. The van der Waals surface area contributed by atoms with Gasteiger partial charge in [0.05, 0.1) is 25.9 Å². The van der Waals surface area contributed by atoms with Gasteiger partial charge in [-0.1, -0.05) is 0 Å². The van der Waals surface area contributed by atoms with E-state index >= 15 is 0 Å². The molecule has 2 N–H and O–H groups in total. The van der Waals surface area contributed by atoms with Gasteiger partial charge in [-0.05, 0) is 25.7 Å². The molecule has 0 saturated carbocycles. The Bertz CT molecular complexity index is 248. The third-order valence-corrected chi connectivity index (χ3v) is 4.43. The lowest BCUT2D eigenvalue weighted by Gasteiger charge is -2.42. The van der Waals surface area contributed by atoms with Crippen LogP contribution in [0, 0.1) is 5.41 Å². The first-order valence-electron chi connectivity index (χ1n) is 7.41. The molecule has 2 heterocycles. The van der Waals surface area contributed by atoms with Crippen LogP contribution < -0.4 is 0 Å². The zero-order valence-electron chi connectivity index (χ0n) is 11.7. The molecule has 2 aliphatic heterocycles. The first kappa shape index (κ1) is 15.2. The van der Waals surface area contributed by atoms with E-state index in [1.54, 1.807) is 0 Å². The van der Waals surface area contributed by atoms with Gasteiger partial charge in [-0.2, -0.15) is 0 Å². The average Bonchev–Trinajstić information content (AvgIpc) is 2.47. The predicted molar refractivity (Wildman–Crippen MR) is 72.1 cm³/mol. The summed E-state index contributed by atoms with van der Waals surface area (Å²) in [4.78, 5) is 2.44. The molecular weight excluding hydrogens is 246 g/mol. The Morgan fingerprint density at radius 2 is 1.84 bits per heavy atom. The van der Waals surface area contributed by atoms with Gasteiger partial charge >= 0.3 is 0 Å². The third-order valence-electron chi connectivity index (χ3n) is 4.43. The maximum Gasteiger partial charge on any atom is 0.0701 e. The molecule has 19 heavy (non-hydrogen) atoms. The van der Waals surface area contributed by atoms with Gasteiger partial charge in [0.2, 0.25) is 0 Å². The lowest BCUT2D eigenvalue weighted by molar-refractivity contribution is -0.0518. The third kappa shape index (κ3) is 4.39. The summed E-state index contributed by atoms with van der Waals surface area (Å²) in [6, 6.07) is 0. The van der Waals surface area contributed by atoms with Crippen LogP contribution in [0.25, 0.3) is 0 Å². The Kier molecular flexibility index (Phi) is 6.04. The van der Waals surface area contributed by atoms with Crippen molar-refractivity contribution in [3.63, 3.8) is 0 Å². The number of piperidine rings is 1. The number of aliphatic hydroxyl groups is 2. The summed E-state index contributed by atoms with van der Waals surface area (Å²) >= 11 is 0. The molecule has 5 heteroatoms. The van der Waals surface area contributed by atoms with Crippen LogP contribution >= 0.6 is 0 Å². The summed E-state index contributed by atoms with van der Waals surface area (Å²) < 4.78 is 11.0. The zero-order valence-corrected chi connectivity index (χ0v) is 11.7. The molecule has 0 bridgehead atoms. The highest BCUT2D eigenvalue weighted by atomic mass is 16.5. The first-order chi connectivity index (χ1) is 9.28. The van der Waals surface area contributed by atoms with E-state index in [4.69, 9.17) is 14.6 Å². The standard InChI is InChI=1S/C14H27NO4/c16-7-10-19-13-1-5-15(6-2-13)11-14(12-17)3-8-18-9-4-14/h13,16-17H,1-12H2. The maximum absolute atomic E-state index is 9.71. The Morgan fingerprint density at radius 1 is 1.16 bits per heavy atom. The van der Waals surface area contributed by atoms with E-state index < -0.39 is 0 Å². The van der Waals surface area contributed by atoms with Crippen LogP contribution in [0.15, 0.2) is 0 Å². The molecule has 2 fully saturated rings. The van der Waals surface area contributed by atoms with Crippen molar-refractivity contribution >= 4 is 0 Å². The van der Waals surface area contributed by atoms with Gasteiger partial charge in [0.1, 0.15) is 0 Å². The number of aliphatic hydroxyl groups excluding tert-OH is 2. The molecule has 2 aliphatic rings. The highest BCUT2D eigenvalue weighted by molar-refractivity contribution is 4.86. The van der Waals surface area contributed by atoms with Crippen molar-refractivity contribution < 1.29 is 19.7 Å². The van der Waals surface area contributed by atoms with Crippen molar-refractivity contribution in [2.45, 2.75) is 31.8 Å². The van der Waals surface area contributed by atoms with Crippen LogP contribution in [0.2, 0.25) is 0 Å². The molecule has 5 nitrogen and oxygen atoms in total. The summed E-state index contributed by atoms with van der Waals surface area (Å²) in [6.45, 7) is 5.39. The van der Waals surface area contributed by atoms with E-state index in [1.807, 2.05) is 0 Å².